The van der Waals surface area contributed by atoms with Crippen molar-refractivity contribution in [1.29, 1.82) is 0 Å². The van der Waals surface area contributed by atoms with Crippen molar-refractivity contribution < 1.29 is 4.79 Å². The molecule has 1 atom stereocenters. The van der Waals surface area contributed by atoms with Gasteiger partial charge in [0.05, 0.1) is 6.04 Å². The van der Waals surface area contributed by atoms with Gasteiger partial charge in [0.15, 0.2) is 0 Å². The Labute approximate surface area is 139 Å². The van der Waals surface area contributed by atoms with Crippen molar-refractivity contribution in [2.24, 2.45) is 19.8 Å². The van der Waals surface area contributed by atoms with Crippen LogP contribution in [0, 0.1) is 0 Å². The summed E-state index contributed by atoms with van der Waals surface area (Å²) in [4.78, 5) is 24.3. The molecule has 3 aromatic rings. The highest BCUT2D eigenvalue weighted by Gasteiger charge is 2.18. The number of imidazole rings is 1. The van der Waals surface area contributed by atoms with Crippen LogP contribution < -0.4 is 16.7 Å². The minimum Gasteiger partial charge on any atom is -0.343 e. The van der Waals surface area contributed by atoms with Crippen molar-refractivity contribution in [3.05, 3.63) is 70.4 Å². The second kappa shape index (κ2) is 6.33. The minimum atomic E-state index is -0.322. The number of amides is 1. The van der Waals surface area contributed by atoms with E-state index >= 15 is 0 Å². The molecule has 3 N–H and O–H groups in total. The van der Waals surface area contributed by atoms with Gasteiger partial charge in [-0.15, -0.1) is 0 Å². The maximum atomic E-state index is 12.5. The summed E-state index contributed by atoms with van der Waals surface area (Å²) in [7, 11) is 3.19. The molecular formula is C18H20N4O2. The Morgan fingerprint density at radius 3 is 2.50 bits per heavy atom. The molecule has 0 aliphatic rings. The number of rotatable bonds is 4. The van der Waals surface area contributed by atoms with E-state index in [0.717, 1.165) is 16.3 Å². The van der Waals surface area contributed by atoms with E-state index in [1.165, 1.54) is 15.3 Å². The lowest BCUT2D eigenvalue weighted by atomic mass is 10.0. The quantitative estimate of drug-likeness (QED) is 0.759. The number of carbonyl (C=O) groups is 1. The Balaban J connectivity index is 1.89. The van der Waals surface area contributed by atoms with Gasteiger partial charge in [0.2, 0.25) is 0 Å². The summed E-state index contributed by atoms with van der Waals surface area (Å²) in [5.74, 6) is -0.321. The zero-order valence-corrected chi connectivity index (χ0v) is 13.7. The van der Waals surface area contributed by atoms with Gasteiger partial charge in [0.1, 0.15) is 5.69 Å². The fraction of sp³-hybridized carbons (Fsp3) is 0.222. The molecule has 6 nitrogen and oxygen atoms in total. The van der Waals surface area contributed by atoms with Crippen molar-refractivity contribution >= 4 is 16.7 Å². The molecule has 3 rings (SSSR count). The molecule has 1 unspecified atom stereocenters. The molecule has 0 aliphatic carbocycles. The summed E-state index contributed by atoms with van der Waals surface area (Å²) in [6, 6.07) is 13.7. The Morgan fingerprint density at radius 1 is 1.17 bits per heavy atom. The van der Waals surface area contributed by atoms with Gasteiger partial charge in [-0.1, -0.05) is 36.4 Å². The van der Waals surface area contributed by atoms with E-state index in [0.29, 0.717) is 5.69 Å². The van der Waals surface area contributed by atoms with Crippen LogP contribution in [0.3, 0.4) is 0 Å². The fourth-order valence-corrected chi connectivity index (χ4v) is 2.81. The number of hydrogen-bond acceptors (Lipinski definition) is 3. The smallest absolute Gasteiger partial charge is 0.328 e. The standard InChI is InChI=1S/C18H20N4O2/c1-21-11-16(22(2)18(21)24)17(23)20-15(10-19)14-8-7-12-5-3-4-6-13(12)9-14/h3-9,11,15H,10,19H2,1-2H3,(H,20,23). The normalized spacial score (nSPS) is 12.3. The molecule has 0 radical (unpaired) electrons. The van der Waals surface area contributed by atoms with Crippen LogP contribution in [0.4, 0.5) is 0 Å². The zero-order chi connectivity index (χ0) is 17.3. The first kappa shape index (κ1) is 16.0. The van der Waals surface area contributed by atoms with E-state index in [-0.39, 0.29) is 24.2 Å². The third kappa shape index (κ3) is 2.83. The van der Waals surface area contributed by atoms with E-state index in [2.05, 4.69) is 5.32 Å². The molecule has 0 spiro atoms. The number of benzene rings is 2. The Kier molecular flexibility index (Phi) is 4.22. The highest BCUT2D eigenvalue weighted by atomic mass is 16.2. The van der Waals surface area contributed by atoms with Gasteiger partial charge in [-0.3, -0.25) is 9.36 Å². The van der Waals surface area contributed by atoms with Gasteiger partial charge >= 0.3 is 5.69 Å². The number of hydrogen-bond donors (Lipinski definition) is 2. The van der Waals surface area contributed by atoms with Crippen LogP contribution in [0.15, 0.2) is 53.5 Å². The summed E-state index contributed by atoms with van der Waals surface area (Å²) in [6.07, 6.45) is 1.52. The van der Waals surface area contributed by atoms with Gasteiger partial charge in [-0.2, -0.15) is 0 Å². The third-order valence-corrected chi connectivity index (χ3v) is 4.22. The summed E-state index contributed by atoms with van der Waals surface area (Å²) >= 11 is 0. The Bertz CT molecular complexity index is 955. The van der Waals surface area contributed by atoms with Crippen molar-refractivity contribution in [3.63, 3.8) is 0 Å². The molecule has 1 amide bonds. The first-order chi connectivity index (χ1) is 11.5. The highest BCUT2D eigenvalue weighted by molar-refractivity contribution is 5.92. The van der Waals surface area contributed by atoms with Crippen molar-refractivity contribution in [2.75, 3.05) is 6.54 Å². The van der Waals surface area contributed by atoms with Gasteiger partial charge in [-0.25, -0.2) is 4.79 Å². The van der Waals surface area contributed by atoms with Crippen LogP contribution in [-0.2, 0) is 14.1 Å². The van der Waals surface area contributed by atoms with Crippen LogP contribution >= 0.6 is 0 Å². The van der Waals surface area contributed by atoms with Gasteiger partial charge in [0.25, 0.3) is 5.91 Å². The first-order valence-electron chi connectivity index (χ1n) is 7.73. The van der Waals surface area contributed by atoms with E-state index in [9.17, 15) is 9.59 Å². The monoisotopic (exact) mass is 324 g/mol. The molecule has 2 aromatic carbocycles. The molecule has 0 fully saturated rings. The molecule has 24 heavy (non-hydrogen) atoms. The summed E-state index contributed by atoms with van der Waals surface area (Å²) in [5.41, 5.74) is 6.86. The van der Waals surface area contributed by atoms with Crippen LogP contribution in [0.1, 0.15) is 22.1 Å². The number of carbonyl (C=O) groups excluding carboxylic acids is 1. The van der Waals surface area contributed by atoms with Crippen molar-refractivity contribution in [3.8, 4) is 0 Å². The fourth-order valence-electron chi connectivity index (χ4n) is 2.81. The maximum Gasteiger partial charge on any atom is 0.328 e. The molecule has 1 aromatic heterocycles. The molecule has 0 saturated carbocycles. The van der Waals surface area contributed by atoms with Crippen LogP contribution in [0.2, 0.25) is 0 Å². The summed E-state index contributed by atoms with van der Waals surface area (Å²) < 4.78 is 2.70. The summed E-state index contributed by atoms with van der Waals surface area (Å²) in [6.45, 7) is 0.269. The second-order valence-electron chi connectivity index (χ2n) is 5.84. The number of nitrogens with two attached hydrogens (primary N) is 1. The number of nitrogens with zero attached hydrogens (tertiary/aromatic N) is 2. The van der Waals surface area contributed by atoms with E-state index in [1.807, 2.05) is 42.5 Å². The van der Waals surface area contributed by atoms with E-state index in [4.69, 9.17) is 5.73 Å². The van der Waals surface area contributed by atoms with Crippen molar-refractivity contribution in [1.82, 2.24) is 14.5 Å². The molecule has 1 heterocycles. The van der Waals surface area contributed by atoms with Crippen LogP contribution in [-0.4, -0.2) is 21.6 Å². The van der Waals surface area contributed by atoms with E-state index < -0.39 is 0 Å². The SMILES string of the molecule is Cn1cc(C(=O)NC(CN)c2ccc3ccccc3c2)n(C)c1=O. The average Bonchev–Trinajstić information content (AvgIpc) is 2.86. The minimum absolute atomic E-state index is 0.241. The zero-order valence-electron chi connectivity index (χ0n) is 13.7. The lowest BCUT2D eigenvalue weighted by Gasteiger charge is -2.18. The Hall–Kier alpha value is -2.86. The van der Waals surface area contributed by atoms with Gasteiger partial charge in [0, 0.05) is 26.8 Å². The van der Waals surface area contributed by atoms with E-state index in [1.54, 1.807) is 14.1 Å². The number of aromatic nitrogens is 2. The molecule has 0 aliphatic heterocycles. The molecule has 6 heteroatoms. The van der Waals surface area contributed by atoms with Gasteiger partial charge < -0.3 is 15.6 Å². The number of aryl methyl sites for hydroxylation is 1. The third-order valence-electron chi connectivity index (χ3n) is 4.22. The lowest BCUT2D eigenvalue weighted by molar-refractivity contribution is 0.0929. The first-order valence-corrected chi connectivity index (χ1v) is 7.73. The topological polar surface area (TPSA) is 82.0 Å². The molecular weight excluding hydrogens is 304 g/mol. The van der Waals surface area contributed by atoms with Crippen molar-refractivity contribution in [2.45, 2.75) is 6.04 Å². The second-order valence-corrected chi connectivity index (χ2v) is 5.84. The Morgan fingerprint density at radius 2 is 1.88 bits per heavy atom. The van der Waals surface area contributed by atoms with Crippen LogP contribution in [0.5, 0.6) is 0 Å². The summed E-state index contributed by atoms with van der Waals surface area (Å²) in [5, 5.41) is 5.13. The lowest BCUT2D eigenvalue weighted by Crippen LogP contribution is -2.35. The maximum absolute atomic E-state index is 12.5. The highest BCUT2D eigenvalue weighted by Crippen LogP contribution is 2.20. The number of nitrogens with one attached hydrogen (secondary N) is 1. The average molecular weight is 324 g/mol. The molecule has 0 saturated heterocycles. The molecule has 124 valence electrons. The predicted octanol–water partition coefficient (Wildman–Crippen LogP) is 1.31. The largest absolute Gasteiger partial charge is 0.343 e. The van der Waals surface area contributed by atoms with Crippen LogP contribution in [0.25, 0.3) is 10.8 Å². The molecule has 0 bridgehead atoms. The number of fused-ring (bicyclic) bond motifs is 1. The van der Waals surface area contributed by atoms with Gasteiger partial charge in [-0.05, 0) is 22.4 Å². The predicted molar refractivity (Wildman–Crippen MR) is 93.9 cm³/mol.